The van der Waals surface area contributed by atoms with E-state index in [1.807, 2.05) is 12.1 Å². The monoisotopic (exact) mass is 380 g/mol. The van der Waals surface area contributed by atoms with Crippen molar-refractivity contribution < 1.29 is 4.74 Å². The van der Waals surface area contributed by atoms with Crippen LogP contribution in [0.15, 0.2) is 55.1 Å². The molecule has 0 unspecified atom stereocenters. The van der Waals surface area contributed by atoms with Crippen LogP contribution >= 0.6 is 0 Å². The van der Waals surface area contributed by atoms with Gasteiger partial charge in [-0.15, -0.1) is 0 Å². The molecule has 0 fully saturated rings. The van der Waals surface area contributed by atoms with Gasteiger partial charge in [-0.05, 0) is 34.9 Å². The van der Waals surface area contributed by atoms with Crippen LogP contribution in [0.3, 0.4) is 0 Å². The number of rotatable bonds is 8. The molecule has 0 heterocycles. The van der Waals surface area contributed by atoms with Crippen molar-refractivity contribution in [1.29, 1.82) is 0 Å². The van der Waals surface area contributed by atoms with Crippen LogP contribution in [0, 0.1) is 0 Å². The van der Waals surface area contributed by atoms with Crippen LogP contribution in [-0.2, 0) is 6.04 Å². The highest BCUT2D eigenvalue weighted by molar-refractivity contribution is 6.83. The summed E-state index contributed by atoms with van der Waals surface area (Å²) in [6.07, 6.45) is 0. The van der Waals surface area contributed by atoms with Gasteiger partial charge in [0, 0.05) is 0 Å². The predicted molar refractivity (Wildman–Crippen MR) is 122 cm³/mol. The molecular weight excluding hydrogens is 344 g/mol. The van der Waals surface area contributed by atoms with E-state index in [0.717, 1.165) is 33.5 Å². The number of methoxy groups -OCH3 is 1. The van der Waals surface area contributed by atoms with Gasteiger partial charge in [0.25, 0.3) is 0 Å². The standard InChI is InChI=1S/C25H36OSi/c1-18(2)27(19(3)4,20(5)6)17-22-9-11-23(12-10-22)21(7)24-13-15-25(26-8)16-14-24/h9-16,18-20H,7,17H2,1-6,8H3. The first kappa shape index (κ1) is 21.5. The maximum Gasteiger partial charge on any atom is 0.118 e. The molecule has 2 aromatic carbocycles. The van der Waals surface area contributed by atoms with Crippen molar-refractivity contribution in [3.05, 3.63) is 71.8 Å². The van der Waals surface area contributed by atoms with Gasteiger partial charge in [0.05, 0.1) is 15.2 Å². The minimum atomic E-state index is -1.42. The third-order valence-electron chi connectivity index (χ3n) is 6.48. The highest BCUT2D eigenvalue weighted by atomic mass is 28.3. The van der Waals surface area contributed by atoms with Gasteiger partial charge in [-0.3, -0.25) is 0 Å². The first-order valence-corrected chi connectivity index (χ1v) is 12.6. The lowest BCUT2D eigenvalue weighted by Crippen LogP contribution is -2.47. The van der Waals surface area contributed by atoms with Gasteiger partial charge in [0.1, 0.15) is 5.75 Å². The summed E-state index contributed by atoms with van der Waals surface area (Å²) in [7, 11) is 0.268. The molecular formula is C25H36OSi. The molecule has 0 atom stereocenters. The van der Waals surface area contributed by atoms with E-state index in [4.69, 9.17) is 4.74 Å². The summed E-state index contributed by atoms with van der Waals surface area (Å²) in [5.41, 5.74) is 7.21. The largest absolute Gasteiger partial charge is 0.497 e. The fourth-order valence-electron chi connectivity index (χ4n) is 4.75. The SMILES string of the molecule is C=C(c1ccc(C[Si](C(C)C)(C(C)C)C(C)C)cc1)c1ccc(OC)cc1. The molecule has 0 radical (unpaired) electrons. The Labute approximate surface area is 167 Å². The van der Waals surface area contributed by atoms with E-state index in [-0.39, 0.29) is 0 Å². The second kappa shape index (κ2) is 8.92. The Kier molecular flexibility index (Phi) is 7.11. The van der Waals surface area contributed by atoms with Crippen LogP contribution in [0.2, 0.25) is 16.6 Å². The van der Waals surface area contributed by atoms with Crippen molar-refractivity contribution in [1.82, 2.24) is 0 Å². The molecule has 2 heteroatoms. The molecule has 0 amide bonds. The van der Waals surface area contributed by atoms with Crippen molar-refractivity contribution in [2.24, 2.45) is 0 Å². The van der Waals surface area contributed by atoms with Gasteiger partial charge in [-0.2, -0.15) is 0 Å². The molecule has 27 heavy (non-hydrogen) atoms. The van der Waals surface area contributed by atoms with Crippen molar-refractivity contribution in [3.8, 4) is 5.75 Å². The summed E-state index contributed by atoms with van der Waals surface area (Å²) in [6, 6.07) is 18.5. The first-order chi connectivity index (χ1) is 12.7. The molecule has 2 aromatic rings. The number of hydrogen-bond acceptors (Lipinski definition) is 1. The second-order valence-corrected chi connectivity index (χ2v) is 14.7. The Hall–Kier alpha value is -1.80. The third kappa shape index (κ3) is 4.55. The summed E-state index contributed by atoms with van der Waals surface area (Å²) in [5, 5.41) is 0. The van der Waals surface area contributed by atoms with Crippen molar-refractivity contribution >= 4 is 13.6 Å². The minimum Gasteiger partial charge on any atom is -0.497 e. The fourth-order valence-corrected chi connectivity index (χ4v) is 10.9. The maximum atomic E-state index is 5.25. The normalized spacial score (nSPS) is 12.1. The molecule has 2 rings (SSSR count). The molecule has 0 aromatic heterocycles. The minimum absolute atomic E-state index is 0.784. The number of hydrogen-bond donors (Lipinski definition) is 0. The van der Waals surface area contributed by atoms with Gasteiger partial charge in [0.15, 0.2) is 0 Å². The zero-order valence-corrected chi connectivity index (χ0v) is 19.2. The molecule has 0 aliphatic carbocycles. The predicted octanol–water partition coefficient (Wildman–Crippen LogP) is 7.52. The Morgan fingerprint density at radius 2 is 1.19 bits per heavy atom. The van der Waals surface area contributed by atoms with Crippen molar-refractivity contribution in [2.45, 2.75) is 64.2 Å². The van der Waals surface area contributed by atoms with Crippen LogP contribution in [-0.4, -0.2) is 15.2 Å². The van der Waals surface area contributed by atoms with Gasteiger partial charge in [-0.1, -0.05) is 107 Å². The third-order valence-corrected chi connectivity index (χ3v) is 13.9. The smallest absolute Gasteiger partial charge is 0.118 e. The average molecular weight is 381 g/mol. The van der Waals surface area contributed by atoms with Gasteiger partial charge in [-0.25, -0.2) is 0 Å². The molecule has 0 aliphatic rings. The molecule has 146 valence electrons. The van der Waals surface area contributed by atoms with E-state index >= 15 is 0 Å². The molecule has 0 bridgehead atoms. The van der Waals surface area contributed by atoms with Crippen molar-refractivity contribution in [2.75, 3.05) is 7.11 Å². The second-order valence-electron chi connectivity index (χ2n) is 8.66. The molecule has 0 spiro atoms. The van der Waals surface area contributed by atoms with E-state index in [1.165, 1.54) is 17.2 Å². The quantitative estimate of drug-likeness (QED) is 0.430. The van der Waals surface area contributed by atoms with E-state index < -0.39 is 8.07 Å². The Morgan fingerprint density at radius 3 is 1.56 bits per heavy atom. The van der Waals surface area contributed by atoms with Crippen LogP contribution in [0.4, 0.5) is 0 Å². The number of ether oxygens (including phenoxy) is 1. The lowest BCUT2D eigenvalue weighted by atomic mass is 9.99. The summed E-state index contributed by atoms with van der Waals surface area (Å²) in [5.74, 6) is 0.874. The summed E-state index contributed by atoms with van der Waals surface area (Å²) in [4.78, 5) is 0. The van der Waals surface area contributed by atoms with Gasteiger partial charge >= 0.3 is 0 Å². The molecule has 0 saturated carbocycles. The summed E-state index contributed by atoms with van der Waals surface area (Å²) in [6.45, 7) is 18.9. The summed E-state index contributed by atoms with van der Waals surface area (Å²) < 4.78 is 5.25. The topological polar surface area (TPSA) is 9.23 Å². The van der Waals surface area contributed by atoms with Crippen LogP contribution < -0.4 is 4.74 Å². The zero-order valence-electron chi connectivity index (χ0n) is 18.2. The van der Waals surface area contributed by atoms with E-state index in [2.05, 4.69) is 84.5 Å². The highest BCUT2D eigenvalue weighted by Gasteiger charge is 2.42. The average Bonchev–Trinajstić information content (AvgIpc) is 2.65. The van der Waals surface area contributed by atoms with E-state index in [9.17, 15) is 0 Å². The lowest BCUT2D eigenvalue weighted by Gasteiger charge is -2.43. The van der Waals surface area contributed by atoms with Gasteiger partial charge < -0.3 is 4.74 Å². The van der Waals surface area contributed by atoms with E-state index in [1.54, 1.807) is 7.11 Å². The maximum absolute atomic E-state index is 5.25. The molecule has 0 aliphatic heterocycles. The number of benzene rings is 2. The highest BCUT2D eigenvalue weighted by Crippen LogP contribution is 2.43. The first-order valence-electron chi connectivity index (χ1n) is 10.1. The Balaban J connectivity index is 2.24. The zero-order chi connectivity index (χ0) is 20.2. The molecule has 1 nitrogen and oxygen atoms in total. The van der Waals surface area contributed by atoms with Gasteiger partial charge in [0.2, 0.25) is 0 Å². The van der Waals surface area contributed by atoms with Crippen molar-refractivity contribution in [3.63, 3.8) is 0 Å². The fraction of sp³-hybridized carbons (Fsp3) is 0.440. The van der Waals surface area contributed by atoms with E-state index in [0.29, 0.717) is 0 Å². The molecule has 0 N–H and O–H groups in total. The lowest BCUT2D eigenvalue weighted by molar-refractivity contribution is 0.415. The van der Waals surface area contributed by atoms with Crippen LogP contribution in [0.25, 0.3) is 5.57 Å². The Morgan fingerprint density at radius 1 is 0.778 bits per heavy atom. The van der Waals surface area contributed by atoms with Crippen LogP contribution in [0.5, 0.6) is 5.75 Å². The van der Waals surface area contributed by atoms with Crippen LogP contribution in [0.1, 0.15) is 58.2 Å². The summed E-state index contributed by atoms with van der Waals surface area (Å²) >= 11 is 0. The molecule has 0 saturated heterocycles. The Bertz CT molecular complexity index is 717.